The van der Waals surface area contributed by atoms with Gasteiger partial charge in [0.2, 0.25) is 0 Å². The van der Waals surface area contributed by atoms with Crippen molar-refractivity contribution < 1.29 is 9.84 Å². The van der Waals surface area contributed by atoms with Crippen LogP contribution >= 0.6 is 11.6 Å². The molecule has 112 valence electrons. The number of ether oxygens (including phenoxy) is 1. The Balaban J connectivity index is 1.94. The topological polar surface area (TPSA) is 32.7 Å². The Hall–Kier alpha value is -0.770. The highest BCUT2D eigenvalue weighted by Crippen LogP contribution is 2.30. The van der Waals surface area contributed by atoms with Gasteiger partial charge in [-0.2, -0.15) is 0 Å². The average Bonchev–Trinajstić information content (AvgIpc) is 2.45. The largest absolute Gasteiger partial charge is 0.496 e. The van der Waals surface area contributed by atoms with Gasteiger partial charge in [0.15, 0.2) is 0 Å². The Morgan fingerprint density at radius 1 is 1.50 bits per heavy atom. The molecule has 0 aliphatic carbocycles. The first-order valence-electron chi connectivity index (χ1n) is 7.34. The molecule has 0 bridgehead atoms. The second-order valence-electron chi connectivity index (χ2n) is 5.74. The molecule has 20 heavy (non-hydrogen) atoms. The Morgan fingerprint density at radius 3 is 3.00 bits per heavy atom. The van der Waals surface area contributed by atoms with Crippen molar-refractivity contribution in [3.8, 4) is 5.75 Å². The zero-order valence-electron chi connectivity index (χ0n) is 12.3. The second kappa shape index (κ2) is 7.30. The summed E-state index contributed by atoms with van der Waals surface area (Å²) in [7, 11) is 1.62. The monoisotopic (exact) mass is 297 g/mol. The van der Waals surface area contributed by atoms with Gasteiger partial charge in [0.1, 0.15) is 5.75 Å². The Bertz CT molecular complexity index is 438. The van der Waals surface area contributed by atoms with E-state index in [2.05, 4.69) is 11.8 Å². The fraction of sp³-hybridized carbons (Fsp3) is 0.625. The van der Waals surface area contributed by atoms with Crippen molar-refractivity contribution in [1.82, 2.24) is 4.90 Å². The maximum Gasteiger partial charge on any atom is 0.124 e. The molecule has 0 spiro atoms. The molecule has 2 atom stereocenters. The van der Waals surface area contributed by atoms with Gasteiger partial charge < -0.3 is 14.7 Å². The number of halogens is 1. The van der Waals surface area contributed by atoms with Crippen molar-refractivity contribution in [2.45, 2.75) is 32.3 Å². The third-order valence-corrected chi connectivity index (χ3v) is 4.25. The van der Waals surface area contributed by atoms with Crippen LogP contribution in [0.5, 0.6) is 5.75 Å². The molecule has 1 aliphatic heterocycles. The van der Waals surface area contributed by atoms with Gasteiger partial charge in [-0.3, -0.25) is 0 Å². The SMILES string of the molecule is COc1ccc(Cl)cc1C(O)CCN1CCCC(C)C1. The quantitative estimate of drug-likeness (QED) is 0.903. The molecule has 1 aromatic carbocycles. The van der Waals surface area contributed by atoms with Crippen LogP contribution in [0, 0.1) is 5.92 Å². The average molecular weight is 298 g/mol. The van der Waals surface area contributed by atoms with Crippen molar-refractivity contribution in [2.24, 2.45) is 5.92 Å². The molecule has 4 heteroatoms. The molecule has 2 rings (SSSR count). The van der Waals surface area contributed by atoms with E-state index in [9.17, 15) is 5.11 Å². The number of aliphatic hydroxyl groups is 1. The van der Waals surface area contributed by atoms with Crippen molar-refractivity contribution >= 4 is 11.6 Å². The summed E-state index contributed by atoms with van der Waals surface area (Å²) in [5.74, 6) is 1.47. The first kappa shape index (κ1) is 15.6. The summed E-state index contributed by atoms with van der Waals surface area (Å²) in [6.45, 7) is 5.49. The maximum absolute atomic E-state index is 10.4. The Morgan fingerprint density at radius 2 is 2.30 bits per heavy atom. The number of piperidine rings is 1. The smallest absolute Gasteiger partial charge is 0.124 e. The zero-order chi connectivity index (χ0) is 14.5. The lowest BCUT2D eigenvalue weighted by atomic mass is 9.99. The van der Waals surface area contributed by atoms with E-state index in [0.717, 1.165) is 31.1 Å². The molecule has 2 unspecified atom stereocenters. The van der Waals surface area contributed by atoms with Gasteiger partial charge in [0, 0.05) is 23.7 Å². The number of likely N-dealkylation sites (tertiary alicyclic amines) is 1. The molecular formula is C16H24ClNO2. The van der Waals surface area contributed by atoms with Crippen molar-refractivity contribution in [3.63, 3.8) is 0 Å². The first-order chi connectivity index (χ1) is 9.60. The molecule has 1 N–H and O–H groups in total. The molecule has 1 heterocycles. The van der Waals surface area contributed by atoms with Crippen LogP contribution in [0.2, 0.25) is 5.02 Å². The third-order valence-electron chi connectivity index (χ3n) is 4.01. The molecule has 1 saturated heterocycles. The van der Waals surface area contributed by atoms with Crippen LogP contribution in [0.25, 0.3) is 0 Å². The van der Waals surface area contributed by atoms with Crippen LogP contribution < -0.4 is 4.74 Å². The minimum Gasteiger partial charge on any atom is -0.496 e. The lowest BCUT2D eigenvalue weighted by Gasteiger charge is -2.31. The van der Waals surface area contributed by atoms with Gasteiger partial charge >= 0.3 is 0 Å². The number of hydrogen-bond acceptors (Lipinski definition) is 3. The number of benzene rings is 1. The molecule has 1 aromatic rings. The van der Waals surface area contributed by atoms with Gasteiger partial charge in [-0.05, 0) is 49.9 Å². The fourth-order valence-corrected chi connectivity index (χ4v) is 3.10. The Kier molecular flexibility index (Phi) is 5.70. The number of methoxy groups -OCH3 is 1. The van der Waals surface area contributed by atoms with E-state index in [1.807, 2.05) is 6.07 Å². The maximum atomic E-state index is 10.4. The van der Waals surface area contributed by atoms with Gasteiger partial charge in [-0.25, -0.2) is 0 Å². The number of hydrogen-bond donors (Lipinski definition) is 1. The van der Waals surface area contributed by atoms with Crippen LogP contribution in [0.15, 0.2) is 18.2 Å². The van der Waals surface area contributed by atoms with Crippen molar-refractivity contribution in [3.05, 3.63) is 28.8 Å². The molecule has 1 fully saturated rings. The summed E-state index contributed by atoms with van der Waals surface area (Å²) in [4.78, 5) is 2.44. The standard InChI is InChI=1S/C16H24ClNO2/c1-12-4-3-8-18(11-12)9-7-15(19)14-10-13(17)5-6-16(14)20-2/h5-6,10,12,15,19H,3-4,7-9,11H2,1-2H3. The van der Waals surface area contributed by atoms with Gasteiger partial charge in [-0.15, -0.1) is 0 Å². The minimum atomic E-state index is -0.527. The highest BCUT2D eigenvalue weighted by molar-refractivity contribution is 6.30. The van der Waals surface area contributed by atoms with Crippen LogP contribution in [-0.4, -0.2) is 36.8 Å². The van der Waals surface area contributed by atoms with Gasteiger partial charge in [-0.1, -0.05) is 18.5 Å². The van der Waals surface area contributed by atoms with Crippen LogP contribution in [0.3, 0.4) is 0 Å². The molecule has 3 nitrogen and oxygen atoms in total. The van der Waals surface area contributed by atoms with E-state index < -0.39 is 6.10 Å². The fourth-order valence-electron chi connectivity index (χ4n) is 2.92. The lowest BCUT2D eigenvalue weighted by Crippen LogP contribution is -2.35. The summed E-state index contributed by atoms with van der Waals surface area (Å²) >= 11 is 6.01. The molecular weight excluding hydrogens is 274 g/mol. The van der Waals surface area contributed by atoms with E-state index in [-0.39, 0.29) is 0 Å². The molecule has 0 radical (unpaired) electrons. The number of nitrogens with zero attached hydrogens (tertiary/aromatic N) is 1. The van der Waals surface area contributed by atoms with Crippen LogP contribution in [0.1, 0.15) is 37.9 Å². The summed E-state index contributed by atoms with van der Waals surface area (Å²) in [6, 6.07) is 5.39. The van der Waals surface area contributed by atoms with E-state index in [0.29, 0.717) is 17.2 Å². The molecule has 0 saturated carbocycles. The highest BCUT2D eigenvalue weighted by Gasteiger charge is 2.19. The van der Waals surface area contributed by atoms with Gasteiger partial charge in [0.25, 0.3) is 0 Å². The van der Waals surface area contributed by atoms with Crippen molar-refractivity contribution in [2.75, 3.05) is 26.7 Å². The highest BCUT2D eigenvalue weighted by atomic mass is 35.5. The minimum absolute atomic E-state index is 0.527. The van der Waals surface area contributed by atoms with Gasteiger partial charge in [0.05, 0.1) is 13.2 Å². The van der Waals surface area contributed by atoms with E-state index in [1.54, 1.807) is 19.2 Å². The summed E-state index contributed by atoms with van der Waals surface area (Å²) in [5, 5.41) is 11.0. The second-order valence-corrected chi connectivity index (χ2v) is 6.18. The predicted molar refractivity (Wildman–Crippen MR) is 82.4 cm³/mol. The number of aliphatic hydroxyl groups excluding tert-OH is 1. The van der Waals surface area contributed by atoms with E-state index >= 15 is 0 Å². The van der Waals surface area contributed by atoms with Crippen molar-refractivity contribution in [1.29, 1.82) is 0 Å². The number of rotatable bonds is 5. The predicted octanol–water partition coefficient (Wildman–Crippen LogP) is 3.50. The zero-order valence-corrected chi connectivity index (χ0v) is 13.1. The lowest BCUT2D eigenvalue weighted by molar-refractivity contribution is 0.120. The molecule has 0 amide bonds. The Labute approximate surface area is 126 Å². The molecule has 0 aromatic heterocycles. The molecule has 1 aliphatic rings. The first-order valence-corrected chi connectivity index (χ1v) is 7.72. The third kappa shape index (κ3) is 4.11. The van der Waals surface area contributed by atoms with E-state index in [4.69, 9.17) is 16.3 Å². The normalized spacial score (nSPS) is 21.7. The van der Waals surface area contributed by atoms with Crippen LogP contribution in [0.4, 0.5) is 0 Å². The van der Waals surface area contributed by atoms with E-state index in [1.165, 1.54) is 12.8 Å². The summed E-state index contributed by atoms with van der Waals surface area (Å²) in [6.07, 6.45) is 2.77. The van der Waals surface area contributed by atoms with Crippen LogP contribution in [-0.2, 0) is 0 Å². The summed E-state index contributed by atoms with van der Waals surface area (Å²) < 4.78 is 5.30. The summed E-state index contributed by atoms with van der Waals surface area (Å²) in [5.41, 5.74) is 0.782.